The van der Waals surface area contributed by atoms with Crippen LogP contribution in [0.1, 0.15) is 38.2 Å². The fourth-order valence-electron chi connectivity index (χ4n) is 3.05. The fraction of sp³-hybridized carbons (Fsp3) is 0.500. The Labute approximate surface area is 158 Å². The Bertz CT molecular complexity index is 757. The predicted octanol–water partition coefficient (Wildman–Crippen LogP) is 2.61. The Morgan fingerprint density at radius 1 is 1.23 bits per heavy atom. The first-order valence-electron chi connectivity index (χ1n) is 8.95. The Morgan fingerprint density at radius 2 is 1.92 bits per heavy atom. The first-order valence-corrected chi connectivity index (χ1v) is 9.83. The van der Waals surface area contributed by atoms with Gasteiger partial charge in [0, 0.05) is 13.1 Å². The van der Waals surface area contributed by atoms with E-state index in [0.29, 0.717) is 19.7 Å². The minimum atomic E-state index is -0.302. The van der Waals surface area contributed by atoms with Gasteiger partial charge in [0.15, 0.2) is 0 Å². The third kappa shape index (κ3) is 3.51. The molecule has 7 nitrogen and oxygen atoms in total. The van der Waals surface area contributed by atoms with E-state index >= 15 is 0 Å². The summed E-state index contributed by atoms with van der Waals surface area (Å²) in [5.41, 5.74) is 4.46. The number of thioether (sulfide) groups is 1. The molecule has 1 aromatic carbocycles. The van der Waals surface area contributed by atoms with Crippen molar-refractivity contribution in [1.29, 1.82) is 0 Å². The molecule has 2 heterocycles. The van der Waals surface area contributed by atoms with Crippen molar-refractivity contribution >= 4 is 17.7 Å². The maximum Gasteiger partial charge on any atom is 0.238 e. The molecule has 0 saturated carbocycles. The molecule has 8 heteroatoms. The maximum atomic E-state index is 13.1. The number of hydrogen-bond donors (Lipinski definition) is 1. The van der Waals surface area contributed by atoms with Gasteiger partial charge in [-0.05, 0) is 45.4 Å². The summed E-state index contributed by atoms with van der Waals surface area (Å²) >= 11 is 1.47. The van der Waals surface area contributed by atoms with E-state index in [-0.39, 0.29) is 17.2 Å². The van der Waals surface area contributed by atoms with Crippen LogP contribution in [0.5, 0.6) is 5.75 Å². The zero-order chi connectivity index (χ0) is 18.7. The van der Waals surface area contributed by atoms with Crippen molar-refractivity contribution in [1.82, 2.24) is 19.8 Å². The molecule has 0 unspecified atom stereocenters. The van der Waals surface area contributed by atoms with E-state index in [2.05, 4.69) is 15.6 Å². The number of hydrogen-bond acceptors (Lipinski definition) is 6. The number of amides is 1. The van der Waals surface area contributed by atoms with Crippen molar-refractivity contribution in [3.63, 3.8) is 0 Å². The molecule has 1 aromatic heterocycles. The quantitative estimate of drug-likeness (QED) is 0.837. The molecule has 26 heavy (non-hydrogen) atoms. The van der Waals surface area contributed by atoms with Gasteiger partial charge >= 0.3 is 0 Å². The van der Waals surface area contributed by atoms with Gasteiger partial charge in [-0.25, -0.2) is 4.68 Å². The number of aryl methyl sites for hydroxylation is 1. The van der Waals surface area contributed by atoms with Gasteiger partial charge in [0.25, 0.3) is 0 Å². The van der Waals surface area contributed by atoms with Gasteiger partial charge in [0.2, 0.25) is 11.1 Å². The lowest BCUT2D eigenvalue weighted by atomic mass is 10.0. The molecule has 1 N–H and O–H groups in total. The number of aromatic nitrogens is 3. The van der Waals surface area contributed by atoms with Crippen molar-refractivity contribution < 1.29 is 9.53 Å². The summed E-state index contributed by atoms with van der Waals surface area (Å²) < 4.78 is 7.39. The van der Waals surface area contributed by atoms with Crippen molar-refractivity contribution in [3.05, 3.63) is 35.7 Å². The van der Waals surface area contributed by atoms with Gasteiger partial charge in [-0.2, -0.15) is 0 Å². The average Bonchev–Trinajstić information content (AvgIpc) is 3.03. The van der Waals surface area contributed by atoms with Crippen LogP contribution in [0.2, 0.25) is 0 Å². The van der Waals surface area contributed by atoms with E-state index in [1.165, 1.54) is 11.8 Å². The zero-order valence-corrected chi connectivity index (χ0v) is 16.4. The summed E-state index contributed by atoms with van der Waals surface area (Å²) in [5, 5.41) is 8.73. The highest BCUT2D eigenvalue weighted by atomic mass is 32.2. The standard InChI is InChI=1S/C18H25N5O2S/c1-5-22(6-2)17(24)16-15(13-8-10-14(11-9-13)25-7-3)21-23-12(4)19-20-18(23)26-16/h8-11,15-16,21H,5-7H2,1-4H3/t15-,16-/m0/s1. The largest absolute Gasteiger partial charge is 0.494 e. The Balaban J connectivity index is 1.95. The average molecular weight is 375 g/mol. The van der Waals surface area contributed by atoms with Gasteiger partial charge in [-0.3, -0.25) is 4.79 Å². The molecular formula is C18H25N5O2S. The van der Waals surface area contributed by atoms with Crippen molar-refractivity contribution in [2.24, 2.45) is 0 Å². The zero-order valence-electron chi connectivity index (χ0n) is 15.6. The Morgan fingerprint density at radius 3 is 2.54 bits per heavy atom. The summed E-state index contributed by atoms with van der Waals surface area (Å²) in [5.74, 6) is 1.71. The van der Waals surface area contributed by atoms with Crippen LogP contribution in [0.25, 0.3) is 0 Å². The SMILES string of the molecule is CCOc1ccc([C@@H]2Nn3c(C)nnc3S[C@@H]2C(=O)N(CC)CC)cc1. The summed E-state index contributed by atoms with van der Waals surface area (Å²) in [6.07, 6.45) is 0. The highest BCUT2D eigenvalue weighted by Crippen LogP contribution is 2.38. The van der Waals surface area contributed by atoms with E-state index < -0.39 is 0 Å². The van der Waals surface area contributed by atoms with Crippen molar-refractivity contribution in [2.75, 3.05) is 25.1 Å². The lowest BCUT2D eigenvalue weighted by Gasteiger charge is -2.35. The van der Waals surface area contributed by atoms with E-state index in [1.807, 2.05) is 61.5 Å². The number of carbonyl (C=O) groups excluding carboxylic acids is 1. The molecule has 1 aliphatic heterocycles. The maximum absolute atomic E-state index is 13.1. The van der Waals surface area contributed by atoms with E-state index in [0.717, 1.165) is 22.3 Å². The second-order valence-electron chi connectivity index (χ2n) is 6.02. The Hall–Kier alpha value is -2.22. The molecule has 0 aliphatic carbocycles. The molecule has 3 rings (SSSR count). The number of ether oxygens (including phenoxy) is 1. The first kappa shape index (κ1) is 18.6. The minimum absolute atomic E-state index is 0.110. The highest BCUT2D eigenvalue weighted by molar-refractivity contribution is 8.00. The fourth-order valence-corrected chi connectivity index (χ4v) is 4.26. The van der Waals surface area contributed by atoms with Crippen LogP contribution in [0.3, 0.4) is 0 Å². The topological polar surface area (TPSA) is 72.3 Å². The van der Waals surface area contributed by atoms with E-state index in [4.69, 9.17) is 4.74 Å². The molecule has 0 spiro atoms. The number of carbonyl (C=O) groups is 1. The molecule has 0 fully saturated rings. The summed E-state index contributed by atoms with van der Waals surface area (Å²) in [6, 6.07) is 7.73. The minimum Gasteiger partial charge on any atom is -0.494 e. The summed E-state index contributed by atoms with van der Waals surface area (Å²) in [7, 11) is 0. The number of fused-ring (bicyclic) bond motifs is 1. The number of rotatable bonds is 6. The van der Waals surface area contributed by atoms with Gasteiger partial charge < -0.3 is 15.1 Å². The van der Waals surface area contributed by atoms with Crippen LogP contribution in [0.4, 0.5) is 0 Å². The van der Waals surface area contributed by atoms with Crippen LogP contribution >= 0.6 is 11.8 Å². The molecule has 2 aromatic rings. The number of benzene rings is 1. The Kier molecular flexibility index (Phi) is 5.70. The monoisotopic (exact) mass is 375 g/mol. The van der Waals surface area contributed by atoms with Gasteiger partial charge in [0.05, 0.1) is 12.6 Å². The summed E-state index contributed by atoms with van der Waals surface area (Å²) in [4.78, 5) is 15.0. The molecule has 1 amide bonds. The smallest absolute Gasteiger partial charge is 0.238 e. The van der Waals surface area contributed by atoms with E-state index in [1.54, 1.807) is 0 Å². The number of nitrogens with zero attached hydrogens (tertiary/aromatic N) is 4. The molecule has 140 valence electrons. The lowest BCUT2D eigenvalue weighted by Crippen LogP contribution is -2.46. The van der Waals surface area contributed by atoms with Crippen LogP contribution in [0.15, 0.2) is 29.4 Å². The van der Waals surface area contributed by atoms with Crippen molar-refractivity contribution in [2.45, 2.75) is 44.1 Å². The van der Waals surface area contributed by atoms with Crippen LogP contribution in [-0.4, -0.2) is 50.6 Å². The van der Waals surface area contributed by atoms with Crippen LogP contribution in [-0.2, 0) is 4.79 Å². The third-order valence-electron chi connectivity index (χ3n) is 4.47. The second kappa shape index (κ2) is 7.99. The van der Waals surface area contributed by atoms with Gasteiger partial charge in [0.1, 0.15) is 16.8 Å². The normalized spacial score (nSPS) is 18.8. The number of nitrogens with one attached hydrogen (secondary N) is 1. The van der Waals surface area contributed by atoms with E-state index in [9.17, 15) is 4.79 Å². The highest BCUT2D eigenvalue weighted by Gasteiger charge is 2.38. The second-order valence-corrected chi connectivity index (χ2v) is 7.13. The van der Waals surface area contributed by atoms with Crippen LogP contribution < -0.4 is 10.2 Å². The molecule has 0 saturated heterocycles. The summed E-state index contributed by atoms with van der Waals surface area (Å²) in [6.45, 7) is 9.86. The van der Waals surface area contributed by atoms with Crippen molar-refractivity contribution in [3.8, 4) is 5.75 Å². The molecule has 0 bridgehead atoms. The molecular weight excluding hydrogens is 350 g/mol. The predicted molar refractivity (Wildman–Crippen MR) is 102 cm³/mol. The van der Waals surface area contributed by atoms with Gasteiger partial charge in [-0.15, -0.1) is 10.2 Å². The molecule has 0 radical (unpaired) electrons. The molecule has 1 aliphatic rings. The first-order chi connectivity index (χ1) is 12.6. The van der Waals surface area contributed by atoms with Crippen LogP contribution in [0, 0.1) is 6.92 Å². The molecule has 2 atom stereocenters. The van der Waals surface area contributed by atoms with Gasteiger partial charge in [-0.1, -0.05) is 23.9 Å². The third-order valence-corrected chi connectivity index (χ3v) is 5.67. The lowest BCUT2D eigenvalue weighted by molar-refractivity contribution is -0.130.